The number of rotatable bonds is 7. The second kappa shape index (κ2) is 8.78. The Labute approximate surface area is 172 Å². The van der Waals surface area contributed by atoms with Crippen molar-refractivity contribution in [2.24, 2.45) is 17.4 Å². The summed E-state index contributed by atoms with van der Waals surface area (Å²) in [4.78, 5) is 10.8. The lowest BCUT2D eigenvalue weighted by atomic mass is 10.0. The number of hydrogen-bond acceptors (Lipinski definition) is 7. The summed E-state index contributed by atoms with van der Waals surface area (Å²) in [5, 5.41) is 3.03. The number of hydrogen-bond donors (Lipinski definition) is 3. The summed E-state index contributed by atoms with van der Waals surface area (Å²) >= 11 is 0. The molecule has 2 aromatic heterocycles. The molecule has 0 spiro atoms. The maximum atomic E-state index is 12.2. The Balaban J connectivity index is 1.67. The van der Waals surface area contributed by atoms with E-state index in [4.69, 9.17) is 16.2 Å². The van der Waals surface area contributed by atoms with Crippen LogP contribution in [0.1, 0.15) is 13.8 Å². The number of fused-ring (bicyclic) bond motifs is 1. The lowest BCUT2D eigenvalue weighted by Gasteiger charge is -2.40. The van der Waals surface area contributed by atoms with Crippen LogP contribution in [0.2, 0.25) is 0 Å². The molecule has 30 heavy (non-hydrogen) atoms. The number of pyridine rings is 2. The van der Waals surface area contributed by atoms with Crippen molar-refractivity contribution in [3.05, 3.63) is 48.1 Å². The van der Waals surface area contributed by atoms with Crippen molar-refractivity contribution in [3.63, 3.8) is 0 Å². The van der Waals surface area contributed by atoms with Crippen molar-refractivity contribution in [2.75, 3.05) is 29.9 Å². The van der Waals surface area contributed by atoms with Crippen molar-refractivity contribution in [2.45, 2.75) is 26.1 Å². The van der Waals surface area contributed by atoms with E-state index in [1.54, 1.807) is 18.3 Å². The second-order valence-corrected chi connectivity index (χ2v) is 7.43. The van der Waals surface area contributed by atoms with Gasteiger partial charge in [0.2, 0.25) is 0 Å². The highest BCUT2D eigenvalue weighted by molar-refractivity contribution is 5.80. The van der Waals surface area contributed by atoms with Crippen LogP contribution in [0.15, 0.2) is 48.1 Å². The first-order valence-electron chi connectivity index (χ1n) is 9.50. The molecule has 1 saturated heterocycles. The molecular formula is C20H25F3N6O. The second-order valence-electron chi connectivity index (χ2n) is 7.43. The smallest absolute Gasteiger partial charge is 0.404 e. The van der Waals surface area contributed by atoms with Crippen LogP contribution in [0.25, 0.3) is 11.0 Å². The molecule has 1 aliphatic heterocycles. The number of ether oxygens (including phenoxy) is 1. The third kappa shape index (κ3) is 5.53. The minimum absolute atomic E-state index is 0.229. The third-order valence-corrected chi connectivity index (χ3v) is 4.67. The van der Waals surface area contributed by atoms with Crippen LogP contribution in [0.4, 0.5) is 24.7 Å². The first kappa shape index (κ1) is 21.7. The van der Waals surface area contributed by atoms with Crippen LogP contribution in [-0.4, -0.2) is 41.9 Å². The minimum atomic E-state index is -4.32. The van der Waals surface area contributed by atoms with E-state index in [9.17, 15) is 13.2 Å². The number of nitrogens with one attached hydrogen (secondary N) is 1. The van der Waals surface area contributed by atoms with E-state index < -0.39 is 18.9 Å². The molecule has 10 heteroatoms. The number of alkyl halides is 3. The Bertz CT molecular complexity index is 951. The maximum absolute atomic E-state index is 12.2. The van der Waals surface area contributed by atoms with E-state index in [1.165, 1.54) is 6.20 Å². The number of halogens is 3. The molecule has 7 nitrogen and oxygen atoms in total. The lowest BCUT2D eigenvalue weighted by Crippen LogP contribution is -2.53. The molecule has 1 aliphatic rings. The lowest BCUT2D eigenvalue weighted by molar-refractivity contribution is -0.187. The summed E-state index contributed by atoms with van der Waals surface area (Å²) in [6.45, 7) is 3.54. The van der Waals surface area contributed by atoms with Gasteiger partial charge in [-0.3, -0.25) is 4.98 Å². The molecule has 0 aromatic carbocycles. The normalized spacial score (nSPS) is 16.3. The minimum Gasteiger partial charge on any atom is -0.404 e. The molecule has 0 amide bonds. The first-order valence-corrected chi connectivity index (χ1v) is 9.50. The highest BCUT2D eigenvalue weighted by Crippen LogP contribution is 2.26. The largest absolute Gasteiger partial charge is 0.411 e. The molecule has 3 rings (SSSR count). The fourth-order valence-corrected chi connectivity index (χ4v) is 2.98. The van der Waals surface area contributed by atoms with E-state index in [0.29, 0.717) is 35.8 Å². The van der Waals surface area contributed by atoms with Crippen LogP contribution in [0, 0.1) is 5.92 Å². The van der Waals surface area contributed by atoms with E-state index in [0.717, 1.165) is 11.3 Å². The van der Waals surface area contributed by atoms with Gasteiger partial charge in [0, 0.05) is 13.1 Å². The number of nitrogens with two attached hydrogens (primary N) is 2. The van der Waals surface area contributed by atoms with Gasteiger partial charge in [-0.1, -0.05) is 13.8 Å². The monoisotopic (exact) mass is 422 g/mol. The van der Waals surface area contributed by atoms with Crippen molar-refractivity contribution < 1.29 is 17.9 Å². The van der Waals surface area contributed by atoms with Gasteiger partial charge >= 0.3 is 6.18 Å². The van der Waals surface area contributed by atoms with Gasteiger partial charge in [0.1, 0.15) is 18.2 Å². The molecule has 162 valence electrons. The van der Waals surface area contributed by atoms with Crippen LogP contribution in [0.3, 0.4) is 0 Å². The van der Waals surface area contributed by atoms with Crippen LogP contribution in [0.5, 0.6) is 0 Å². The SMILES string of the molecule is CC(C)C(=C/N)/C=C(\N)Nc1ccc2ncc(N3CC(OCC(F)(F)F)C3)cc2n1. The van der Waals surface area contributed by atoms with Gasteiger partial charge in [-0.25, -0.2) is 4.98 Å². The number of allylic oxidation sites excluding steroid dienone is 2. The molecule has 0 radical (unpaired) electrons. The standard InChI is InChI=1S/C20H25F3N6O/c1-12(2)13(7-24)5-18(25)28-19-4-3-16-17(27-19)6-14(8-26-16)29-9-15(10-29)30-11-20(21,22)23/h3-8,12,15H,9-11,24-25H2,1-2H3,(H,27,28)/b13-7+,18-5+. The van der Waals surface area contributed by atoms with Gasteiger partial charge in [0.05, 0.1) is 29.0 Å². The molecule has 3 heterocycles. The molecule has 0 atom stereocenters. The molecule has 0 aliphatic carbocycles. The average Bonchev–Trinajstić information content (AvgIpc) is 2.63. The van der Waals surface area contributed by atoms with Crippen LogP contribution >= 0.6 is 0 Å². The van der Waals surface area contributed by atoms with Crippen molar-refractivity contribution in [1.82, 2.24) is 9.97 Å². The molecule has 0 unspecified atom stereocenters. The summed E-state index contributed by atoms with van der Waals surface area (Å²) in [6.07, 6.45) is 0.185. The Hall–Kier alpha value is -3.01. The predicted molar refractivity (Wildman–Crippen MR) is 111 cm³/mol. The van der Waals surface area contributed by atoms with E-state index >= 15 is 0 Å². The van der Waals surface area contributed by atoms with Crippen LogP contribution in [-0.2, 0) is 4.74 Å². The van der Waals surface area contributed by atoms with Crippen LogP contribution < -0.4 is 21.7 Å². The first-order chi connectivity index (χ1) is 14.1. The Morgan fingerprint density at radius 3 is 2.70 bits per heavy atom. The summed E-state index contributed by atoms with van der Waals surface area (Å²) in [6, 6.07) is 5.42. The quantitative estimate of drug-likeness (QED) is 0.589. The number of nitrogens with zero attached hydrogens (tertiary/aromatic N) is 3. The highest BCUT2D eigenvalue weighted by atomic mass is 19.4. The summed E-state index contributed by atoms with van der Waals surface area (Å²) < 4.78 is 41.6. The zero-order chi connectivity index (χ0) is 21.9. The van der Waals surface area contributed by atoms with Crippen molar-refractivity contribution >= 4 is 22.5 Å². The van der Waals surface area contributed by atoms with Crippen molar-refractivity contribution in [1.29, 1.82) is 0 Å². The molecule has 0 bridgehead atoms. The molecule has 5 N–H and O–H groups in total. The highest BCUT2D eigenvalue weighted by Gasteiger charge is 2.34. The van der Waals surface area contributed by atoms with Gasteiger partial charge in [0.25, 0.3) is 0 Å². The van der Waals surface area contributed by atoms with E-state index in [-0.39, 0.29) is 5.92 Å². The number of anilines is 2. The Kier molecular flexibility index (Phi) is 6.35. The topological polar surface area (TPSA) is 102 Å². The van der Waals surface area contributed by atoms with E-state index in [2.05, 4.69) is 15.3 Å². The van der Waals surface area contributed by atoms with Gasteiger partial charge in [0.15, 0.2) is 0 Å². The van der Waals surface area contributed by atoms with Gasteiger partial charge in [-0.15, -0.1) is 0 Å². The Morgan fingerprint density at radius 1 is 1.33 bits per heavy atom. The zero-order valence-electron chi connectivity index (χ0n) is 16.8. The summed E-state index contributed by atoms with van der Waals surface area (Å²) in [5.74, 6) is 1.18. The zero-order valence-corrected chi connectivity index (χ0v) is 16.8. The van der Waals surface area contributed by atoms with Gasteiger partial charge in [-0.2, -0.15) is 13.2 Å². The van der Waals surface area contributed by atoms with E-state index in [1.807, 2.05) is 30.9 Å². The Morgan fingerprint density at radius 2 is 2.07 bits per heavy atom. The predicted octanol–water partition coefficient (Wildman–Crippen LogP) is 3.11. The number of aromatic nitrogens is 2. The molecule has 0 saturated carbocycles. The fraction of sp³-hybridized carbons (Fsp3) is 0.400. The van der Waals surface area contributed by atoms with Gasteiger partial charge in [-0.05, 0) is 42.0 Å². The molecular weight excluding hydrogens is 397 g/mol. The molecule has 2 aromatic rings. The third-order valence-electron chi connectivity index (χ3n) is 4.67. The maximum Gasteiger partial charge on any atom is 0.411 e. The fourth-order valence-electron chi connectivity index (χ4n) is 2.98. The molecule has 1 fully saturated rings. The summed E-state index contributed by atoms with van der Waals surface area (Å²) in [7, 11) is 0. The van der Waals surface area contributed by atoms with Crippen molar-refractivity contribution in [3.8, 4) is 0 Å². The summed E-state index contributed by atoms with van der Waals surface area (Å²) in [5.41, 5.74) is 14.7. The average molecular weight is 422 g/mol. The van der Waals surface area contributed by atoms with Gasteiger partial charge < -0.3 is 26.4 Å².